The lowest BCUT2D eigenvalue weighted by molar-refractivity contribution is -0.120. The highest BCUT2D eigenvalue weighted by atomic mass is 35.5. The molecule has 5 nitrogen and oxygen atoms in total. The number of amides is 1. The third-order valence-corrected chi connectivity index (χ3v) is 5.53. The first-order chi connectivity index (χ1) is 9.29. The topological polar surface area (TPSA) is 72.5 Å². The fraction of sp³-hybridized carbons (Fsp3) is 0.417. The first-order valence-electron chi connectivity index (χ1n) is 6.00. The predicted octanol–water partition coefficient (Wildman–Crippen LogP) is 1.62. The minimum Gasteiger partial charge on any atom is -0.493 e. The van der Waals surface area contributed by atoms with Crippen LogP contribution in [-0.4, -0.2) is 25.3 Å². The maximum Gasteiger partial charge on any atom is 0.264 e. The van der Waals surface area contributed by atoms with Crippen molar-refractivity contribution in [2.24, 2.45) is 5.92 Å². The van der Waals surface area contributed by atoms with Crippen LogP contribution in [-0.2, 0) is 21.2 Å². The molecule has 20 heavy (non-hydrogen) atoms. The third-order valence-electron chi connectivity index (χ3n) is 3.35. The summed E-state index contributed by atoms with van der Waals surface area (Å²) in [5.74, 6) is -0.678. The summed E-state index contributed by atoms with van der Waals surface area (Å²) in [6.07, 6.45) is 0.914. The van der Waals surface area contributed by atoms with Crippen molar-refractivity contribution in [2.75, 3.05) is 6.61 Å². The molecule has 2 aliphatic rings. The Kier molecular flexibility index (Phi) is 3.15. The van der Waals surface area contributed by atoms with E-state index in [-0.39, 0.29) is 11.3 Å². The Morgan fingerprint density at radius 3 is 2.75 bits per heavy atom. The van der Waals surface area contributed by atoms with Crippen LogP contribution in [0.25, 0.3) is 0 Å². The van der Waals surface area contributed by atoms with Crippen LogP contribution in [0.2, 0.25) is 0 Å². The highest BCUT2D eigenvalue weighted by Gasteiger charge is 2.57. The number of halogens is 2. The van der Waals surface area contributed by atoms with Crippen molar-refractivity contribution in [1.29, 1.82) is 0 Å². The van der Waals surface area contributed by atoms with E-state index in [1.165, 1.54) is 12.1 Å². The molecule has 0 saturated heterocycles. The van der Waals surface area contributed by atoms with Crippen molar-refractivity contribution < 1.29 is 17.9 Å². The largest absolute Gasteiger partial charge is 0.493 e. The minimum atomic E-state index is -3.91. The van der Waals surface area contributed by atoms with Gasteiger partial charge in [-0.1, -0.05) is 0 Å². The van der Waals surface area contributed by atoms with Crippen molar-refractivity contribution in [3.8, 4) is 5.75 Å². The molecule has 1 unspecified atom stereocenters. The number of hydrogen-bond donors (Lipinski definition) is 1. The predicted molar refractivity (Wildman–Crippen MR) is 73.5 cm³/mol. The van der Waals surface area contributed by atoms with E-state index in [0.717, 1.165) is 5.56 Å². The maximum atomic E-state index is 12.1. The van der Waals surface area contributed by atoms with Gasteiger partial charge in [-0.25, -0.2) is 13.1 Å². The monoisotopic (exact) mass is 335 g/mol. The molecule has 1 aromatic rings. The third kappa shape index (κ3) is 2.47. The Hall–Kier alpha value is -0.980. The lowest BCUT2D eigenvalue weighted by atomic mass is 10.2. The molecule has 1 saturated carbocycles. The van der Waals surface area contributed by atoms with Crippen molar-refractivity contribution in [3.05, 3.63) is 23.8 Å². The Morgan fingerprint density at radius 2 is 2.10 bits per heavy atom. The fourth-order valence-electron chi connectivity index (χ4n) is 2.09. The summed E-state index contributed by atoms with van der Waals surface area (Å²) in [7, 11) is -3.91. The van der Waals surface area contributed by atoms with Gasteiger partial charge in [-0.15, -0.1) is 23.2 Å². The number of ether oxygens (including phenoxy) is 1. The maximum absolute atomic E-state index is 12.1. The molecule has 108 valence electrons. The van der Waals surface area contributed by atoms with Gasteiger partial charge in [0.25, 0.3) is 10.0 Å². The summed E-state index contributed by atoms with van der Waals surface area (Å²) < 4.78 is 30.4. The van der Waals surface area contributed by atoms with E-state index < -0.39 is 26.2 Å². The molecule has 0 spiro atoms. The van der Waals surface area contributed by atoms with Gasteiger partial charge < -0.3 is 4.74 Å². The van der Waals surface area contributed by atoms with E-state index in [2.05, 4.69) is 0 Å². The normalized spacial score (nSPS) is 22.8. The number of rotatable bonds is 3. The summed E-state index contributed by atoms with van der Waals surface area (Å²) >= 11 is 11.5. The lowest BCUT2D eigenvalue weighted by Crippen LogP contribution is -2.33. The zero-order valence-corrected chi connectivity index (χ0v) is 12.6. The minimum absolute atomic E-state index is 0.0329. The highest BCUT2D eigenvalue weighted by Crippen LogP contribution is 2.53. The molecule has 1 amide bonds. The van der Waals surface area contributed by atoms with Gasteiger partial charge in [0.1, 0.15) is 10.1 Å². The first-order valence-corrected chi connectivity index (χ1v) is 8.24. The zero-order chi connectivity index (χ0) is 14.5. The number of benzene rings is 1. The summed E-state index contributed by atoms with van der Waals surface area (Å²) in [5, 5.41) is 0. The first kappa shape index (κ1) is 14.0. The van der Waals surface area contributed by atoms with Crippen LogP contribution in [0.15, 0.2) is 23.1 Å². The van der Waals surface area contributed by atoms with Gasteiger partial charge in [-0.3, -0.25) is 4.79 Å². The zero-order valence-electron chi connectivity index (χ0n) is 10.2. The summed E-state index contributed by atoms with van der Waals surface area (Å²) in [6.45, 7) is 0.536. The molecule has 0 radical (unpaired) electrons. The van der Waals surface area contributed by atoms with Gasteiger partial charge in [0.15, 0.2) is 0 Å². The van der Waals surface area contributed by atoms with Gasteiger partial charge in [0.05, 0.1) is 17.4 Å². The van der Waals surface area contributed by atoms with Crippen molar-refractivity contribution in [1.82, 2.24) is 4.72 Å². The number of carbonyl (C=O) groups is 1. The van der Waals surface area contributed by atoms with E-state index >= 15 is 0 Å². The molecule has 3 rings (SSSR count). The van der Waals surface area contributed by atoms with Crippen LogP contribution in [0, 0.1) is 5.92 Å². The Balaban J connectivity index is 1.80. The summed E-state index contributed by atoms with van der Waals surface area (Å²) in [6, 6.07) is 4.51. The second-order valence-corrected chi connectivity index (χ2v) is 8.08. The van der Waals surface area contributed by atoms with Gasteiger partial charge in [-0.2, -0.15) is 0 Å². The molecular formula is C12H11Cl2NO4S. The smallest absolute Gasteiger partial charge is 0.264 e. The average molecular weight is 336 g/mol. The number of carbonyl (C=O) groups excluding carboxylic acids is 1. The second-order valence-electron chi connectivity index (χ2n) is 4.86. The Bertz CT molecular complexity index is 687. The number of hydrogen-bond acceptors (Lipinski definition) is 4. The second kappa shape index (κ2) is 4.51. The quantitative estimate of drug-likeness (QED) is 0.852. The average Bonchev–Trinajstić information content (AvgIpc) is 2.82. The SMILES string of the molecule is O=C(NS(=O)(=O)c1ccc2c(c1)CCO2)C1CC1(Cl)Cl. The summed E-state index contributed by atoms with van der Waals surface area (Å²) in [4.78, 5) is 11.8. The van der Waals surface area contributed by atoms with E-state index in [0.29, 0.717) is 18.8 Å². The number of sulfonamides is 1. The molecule has 1 atom stereocenters. The van der Waals surface area contributed by atoms with Crippen molar-refractivity contribution in [3.63, 3.8) is 0 Å². The van der Waals surface area contributed by atoms with Crippen LogP contribution in [0.1, 0.15) is 12.0 Å². The molecule has 8 heteroatoms. The molecule has 1 aliphatic carbocycles. The number of nitrogens with one attached hydrogen (secondary N) is 1. The van der Waals surface area contributed by atoms with Crippen molar-refractivity contribution in [2.45, 2.75) is 22.1 Å². The standard InChI is InChI=1S/C12H11Cl2NO4S/c13-12(14)6-9(12)11(16)15-20(17,18)8-1-2-10-7(5-8)3-4-19-10/h1-2,5,9H,3-4,6H2,(H,15,16). The molecule has 1 aliphatic heterocycles. The van der Waals surface area contributed by atoms with Crippen LogP contribution >= 0.6 is 23.2 Å². The molecule has 1 heterocycles. The number of fused-ring (bicyclic) bond motifs is 1. The van der Waals surface area contributed by atoms with Crippen LogP contribution in [0.3, 0.4) is 0 Å². The molecule has 1 N–H and O–H groups in total. The Labute approximate surface area is 126 Å². The highest BCUT2D eigenvalue weighted by molar-refractivity contribution is 7.90. The molecule has 0 aromatic heterocycles. The number of alkyl halides is 2. The van der Waals surface area contributed by atoms with Gasteiger partial charge in [-0.05, 0) is 30.2 Å². The van der Waals surface area contributed by atoms with Gasteiger partial charge in [0.2, 0.25) is 5.91 Å². The molecule has 0 bridgehead atoms. The molecule has 1 aromatic carbocycles. The van der Waals surface area contributed by atoms with Crippen molar-refractivity contribution >= 4 is 39.1 Å². The van der Waals surface area contributed by atoms with E-state index in [4.69, 9.17) is 27.9 Å². The molecule has 1 fully saturated rings. The van der Waals surface area contributed by atoms with E-state index in [9.17, 15) is 13.2 Å². The van der Waals surface area contributed by atoms with E-state index in [1.807, 2.05) is 4.72 Å². The van der Waals surface area contributed by atoms with Gasteiger partial charge >= 0.3 is 0 Å². The Morgan fingerprint density at radius 1 is 1.40 bits per heavy atom. The van der Waals surface area contributed by atoms with Gasteiger partial charge in [0, 0.05) is 6.42 Å². The lowest BCUT2D eigenvalue weighted by Gasteiger charge is -2.08. The van der Waals surface area contributed by atoms with E-state index in [1.54, 1.807) is 6.07 Å². The molecular weight excluding hydrogens is 325 g/mol. The van der Waals surface area contributed by atoms with Crippen LogP contribution in [0.4, 0.5) is 0 Å². The van der Waals surface area contributed by atoms with Crippen LogP contribution < -0.4 is 9.46 Å². The fourth-order valence-corrected chi connectivity index (χ4v) is 3.67. The summed E-state index contributed by atoms with van der Waals surface area (Å²) in [5.41, 5.74) is 0.816. The van der Waals surface area contributed by atoms with Crippen LogP contribution in [0.5, 0.6) is 5.75 Å².